The minimum atomic E-state index is -1.08. The number of nitrogens with zero attached hydrogens (tertiary/aromatic N) is 3. The minimum absolute atomic E-state index is 0.0269. The van der Waals surface area contributed by atoms with Gasteiger partial charge < -0.3 is 25.0 Å². The van der Waals surface area contributed by atoms with Gasteiger partial charge in [-0.3, -0.25) is 9.59 Å². The van der Waals surface area contributed by atoms with Crippen LogP contribution in [0, 0.1) is 0 Å². The van der Waals surface area contributed by atoms with Crippen LogP contribution in [0.3, 0.4) is 0 Å². The van der Waals surface area contributed by atoms with Gasteiger partial charge in [0.25, 0.3) is 5.91 Å². The average Bonchev–Trinajstić information content (AvgIpc) is 3.25. The van der Waals surface area contributed by atoms with Crippen molar-refractivity contribution in [3.63, 3.8) is 0 Å². The highest BCUT2D eigenvalue weighted by atomic mass is 32.2. The summed E-state index contributed by atoms with van der Waals surface area (Å²) in [4.78, 5) is 36.1. The lowest BCUT2D eigenvalue weighted by Gasteiger charge is -2.15. The van der Waals surface area contributed by atoms with Gasteiger partial charge in [-0.1, -0.05) is 23.9 Å². The molecule has 0 unspecified atom stereocenters. The number of amides is 2. The van der Waals surface area contributed by atoms with Crippen LogP contribution in [-0.2, 0) is 11.3 Å². The molecule has 0 aliphatic rings. The Labute approximate surface area is 206 Å². The van der Waals surface area contributed by atoms with E-state index in [2.05, 4.69) is 27.4 Å². The highest BCUT2D eigenvalue weighted by Crippen LogP contribution is 2.22. The van der Waals surface area contributed by atoms with Gasteiger partial charge in [0.05, 0.1) is 24.5 Å². The molecule has 10 nitrogen and oxygen atoms in total. The number of aromatic carboxylic acids is 1. The van der Waals surface area contributed by atoms with Crippen molar-refractivity contribution in [3.05, 3.63) is 78.1 Å². The van der Waals surface area contributed by atoms with Crippen LogP contribution >= 0.6 is 11.8 Å². The second-order valence-electron chi connectivity index (χ2n) is 7.39. The first-order valence-electron chi connectivity index (χ1n) is 10.6. The van der Waals surface area contributed by atoms with Crippen LogP contribution in [0.4, 0.5) is 5.69 Å². The number of hydrogen-bond donors (Lipinski definition) is 3. The first-order chi connectivity index (χ1) is 16.8. The number of thioether (sulfide) groups is 1. The fourth-order valence-electron chi connectivity index (χ4n) is 3.17. The summed E-state index contributed by atoms with van der Waals surface area (Å²) in [7, 11) is 1.56. The summed E-state index contributed by atoms with van der Waals surface area (Å²) in [6, 6.07) is 12.3. The first kappa shape index (κ1) is 25.5. The number of carboxylic acid groups (broad SMARTS) is 1. The Morgan fingerprint density at radius 2 is 1.91 bits per heavy atom. The number of anilines is 1. The molecule has 1 aromatic heterocycles. The molecule has 3 rings (SSSR count). The fraction of sp³-hybridized carbons (Fsp3) is 0.208. The summed E-state index contributed by atoms with van der Waals surface area (Å²) in [5.41, 5.74) is 0.945. The molecule has 0 fully saturated rings. The largest absolute Gasteiger partial charge is 0.497 e. The van der Waals surface area contributed by atoms with Crippen molar-refractivity contribution in [1.82, 2.24) is 20.1 Å². The molecular formula is C24H25N5O5S. The third-order valence-corrected chi connectivity index (χ3v) is 5.84. The third kappa shape index (κ3) is 6.70. The maximum atomic E-state index is 12.6. The summed E-state index contributed by atoms with van der Waals surface area (Å²) in [5, 5.41) is 23.5. The maximum absolute atomic E-state index is 12.6. The predicted octanol–water partition coefficient (Wildman–Crippen LogP) is 3.39. The number of carbonyl (C=O) groups excluding carboxylic acids is 2. The first-order valence-corrected chi connectivity index (χ1v) is 11.6. The van der Waals surface area contributed by atoms with Gasteiger partial charge >= 0.3 is 5.97 Å². The maximum Gasteiger partial charge on any atom is 0.335 e. The van der Waals surface area contributed by atoms with Crippen LogP contribution in [0.2, 0.25) is 0 Å². The fourth-order valence-corrected chi connectivity index (χ4v) is 3.93. The summed E-state index contributed by atoms with van der Waals surface area (Å²) in [5.74, 6) is -0.476. The van der Waals surface area contributed by atoms with Crippen molar-refractivity contribution in [3.8, 4) is 5.75 Å². The lowest BCUT2D eigenvalue weighted by atomic mass is 10.2. The SMILES string of the molecule is C=CCn1c(SCC(=O)Nc2cccc(C(=O)O)c2)nnc1[C@@H](C)NC(=O)c1ccc(OC)cc1. The van der Waals surface area contributed by atoms with Gasteiger partial charge in [-0.25, -0.2) is 4.79 Å². The Balaban J connectivity index is 1.65. The zero-order valence-electron chi connectivity index (χ0n) is 19.2. The zero-order valence-corrected chi connectivity index (χ0v) is 20.0. The summed E-state index contributed by atoms with van der Waals surface area (Å²) >= 11 is 1.17. The van der Waals surface area contributed by atoms with Crippen molar-refractivity contribution in [1.29, 1.82) is 0 Å². The van der Waals surface area contributed by atoms with Crippen molar-refractivity contribution < 1.29 is 24.2 Å². The summed E-state index contributed by atoms with van der Waals surface area (Å²) in [6.45, 7) is 5.94. The minimum Gasteiger partial charge on any atom is -0.497 e. The molecule has 0 saturated heterocycles. The van der Waals surface area contributed by atoms with Crippen molar-refractivity contribution in [2.24, 2.45) is 0 Å². The van der Waals surface area contributed by atoms with Gasteiger partial charge in [-0.05, 0) is 49.4 Å². The number of rotatable bonds is 11. The second-order valence-corrected chi connectivity index (χ2v) is 8.33. The summed E-state index contributed by atoms with van der Waals surface area (Å²) in [6.07, 6.45) is 1.67. The molecule has 2 aromatic carbocycles. The normalized spacial score (nSPS) is 11.4. The Hall–Kier alpha value is -4.12. The van der Waals surface area contributed by atoms with Gasteiger partial charge in [0, 0.05) is 17.8 Å². The smallest absolute Gasteiger partial charge is 0.335 e. The molecule has 182 valence electrons. The van der Waals surface area contributed by atoms with E-state index in [1.165, 1.54) is 23.9 Å². The molecule has 0 saturated carbocycles. The van der Waals surface area contributed by atoms with Gasteiger partial charge in [-0.2, -0.15) is 0 Å². The second kappa shape index (κ2) is 11.8. The van der Waals surface area contributed by atoms with Gasteiger partial charge in [-0.15, -0.1) is 16.8 Å². The molecule has 1 atom stereocenters. The van der Waals surface area contributed by atoms with Gasteiger partial charge in [0.1, 0.15) is 5.75 Å². The molecule has 0 spiro atoms. The molecule has 0 bridgehead atoms. The lowest BCUT2D eigenvalue weighted by Crippen LogP contribution is -2.28. The number of carbonyl (C=O) groups is 3. The average molecular weight is 496 g/mol. The molecule has 11 heteroatoms. The number of aromatic nitrogens is 3. The Bertz CT molecular complexity index is 1230. The topological polar surface area (TPSA) is 135 Å². The van der Waals surface area contributed by atoms with E-state index in [1.807, 2.05) is 0 Å². The number of hydrogen-bond acceptors (Lipinski definition) is 7. The number of methoxy groups -OCH3 is 1. The molecule has 0 radical (unpaired) electrons. The van der Waals surface area contributed by atoms with Crippen LogP contribution in [0.15, 0.2) is 66.3 Å². The predicted molar refractivity (Wildman–Crippen MR) is 132 cm³/mol. The molecule has 3 N–H and O–H groups in total. The summed E-state index contributed by atoms with van der Waals surface area (Å²) < 4.78 is 6.89. The van der Waals surface area contributed by atoms with E-state index in [-0.39, 0.29) is 23.1 Å². The van der Waals surface area contributed by atoms with Gasteiger partial charge in [0.15, 0.2) is 11.0 Å². The molecular weight excluding hydrogens is 470 g/mol. The number of allylic oxidation sites excluding steroid dienone is 1. The Kier molecular flexibility index (Phi) is 8.63. The van der Waals surface area contributed by atoms with Crippen LogP contribution in [0.25, 0.3) is 0 Å². The number of nitrogens with one attached hydrogen (secondary N) is 2. The molecule has 0 aliphatic carbocycles. The molecule has 3 aromatic rings. The number of ether oxygens (including phenoxy) is 1. The van der Waals surface area contributed by atoms with Crippen molar-refractivity contribution in [2.45, 2.75) is 24.7 Å². The quantitative estimate of drug-likeness (QED) is 0.272. The van der Waals surface area contributed by atoms with E-state index in [9.17, 15) is 14.4 Å². The van der Waals surface area contributed by atoms with E-state index in [4.69, 9.17) is 9.84 Å². The van der Waals surface area contributed by atoms with E-state index in [0.717, 1.165) is 0 Å². The van der Waals surface area contributed by atoms with Crippen molar-refractivity contribution >= 4 is 35.2 Å². The van der Waals surface area contributed by atoms with Gasteiger partial charge in [0.2, 0.25) is 5.91 Å². The van der Waals surface area contributed by atoms with E-state index in [1.54, 1.807) is 61.1 Å². The monoisotopic (exact) mass is 495 g/mol. The van der Waals surface area contributed by atoms with E-state index < -0.39 is 12.0 Å². The molecule has 0 aliphatic heterocycles. The van der Waals surface area contributed by atoms with E-state index in [0.29, 0.717) is 34.5 Å². The molecule has 2 amide bonds. The Morgan fingerprint density at radius 1 is 1.17 bits per heavy atom. The highest BCUT2D eigenvalue weighted by molar-refractivity contribution is 7.99. The standard InChI is InChI=1S/C24H25N5O5S/c1-4-12-29-21(15(2)25-22(31)16-8-10-19(34-3)11-9-16)27-28-24(29)35-14-20(30)26-18-7-5-6-17(13-18)23(32)33/h4-11,13,15H,1,12,14H2,2-3H3,(H,25,31)(H,26,30)(H,32,33)/t15-/m1/s1. The highest BCUT2D eigenvalue weighted by Gasteiger charge is 2.20. The molecule has 1 heterocycles. The van der Waals surface area contributed by atoms with Crippen LogP contribution in [0.5, 0.6) is 5.75 Å². The Morgan fingerprint density at radius 3 is 2.57 bits per heavy atom. The zero-order chi connectivity index (χ0) is 25.4. The van der Waals surface area contributed by atoms with Crippen LogP contribution < -0.4 is 15.4 Å². The van der Waals surface area contributed by atoms with Crippen LogP contribution in [-0.4, -0.2) is 50.5 Å². The van der Waals surface area contributed by atoms with Crippen molar-refractivity contribution in [2.75, 3.05) is 18.2 Å². The van der Waals surface area contributed by atoms with E-state index >= 15 is 0 Å². The molecule has 35 heavy (non-hydrogen) atoms. The number of carboxylic acids is 1. The number of benzene rings is 2. The lowest BCUT2D eigenvalue weighted by molar-refractivity contribution is -0.113. The third-order valence-electron chi connectivity index (χ3n) is 4.87. The van der Waals surface area contributed by atoms with Crippen LogP contribution in [0.1, 0.15) is 39.5 Å².